The number of rotatable bonds is 5. The number of benzene rings is 2. The first-order valence-corrected chi connectivity index (χ1v) is 9.78. The van der Waals surface area contributed by atoms with Gasteiger partial charge in [0.05, 0.1) is 5.69 Å². The lowest BCUT2D eigenvalue weighted by Gasteiger charge is -2.12. The second kappa shape index (κ2) is 7.05. The maximum atomic E-state index is 11.8. The van der Waals surface area contributed by atoms with Crippen molar-refractivity contribution in [3.63, 3.8) is 0 Å². The first-order valence-electron chi connectivity index (χ1n) is 9.78. The maximum Gasteiger partial charge on any atom is 0.249 e. The second-order valence-corrected chi connectivity index (χ2v) is 7.31. The molecule has 0 saturated heterocycles. The van der Waals surface area contributed by atoms with E-state index in [1.807, 2.05) is 30.3 Å². The number of carbonyl (C=O) groups is 1. The number of nitrogens with one attached hydrogen (secondary N) is 2. The van der Waals surface area contributed by atoms with Gasteiger partial charge in [-0.1, -0.05) is 42.5 Å². The number of aryl methyl sites for hydroxylation is 1. The van der Waals surface area contributed by atoms with Crippen LogP contribution in [0.5, 0.6) is 0 Å². The molecule has 2 heterocycles. The Morgan fingerprint density at radius 2 is 1.90 bits per heavy atom. The van der Waals surface area contributed by atoms with Gasteiger partial charge < -0.3 is 16.0 Å². The Morgan fingerprint density at radius 3 is 2.72 bits per heavy atom. The summed E-state index contributed by atoms with van der Waals surface area (Å²) in [6.07, 6.45) is 4.84. The van der Waals surface area contributed by atoms with E-state index >= 15 is 0 Å². The number of nitrogens with zero attached hydrogens (tertiary/aromatic N) is 2. The average Bonchev–Trinajstić information content (AvgIpc) is 3.39. The zero-order valence-corrected chi connectivity index (χ0v) is 15.9. The molecule has 0 atom stereocenters. The predicted molar refractivity (Wildman–Crippen MR) is 114 cm³/mol. The standard InChI is InChI=1S/C23H21N5O/c24-21(29)16-9-4-8-15-18(16)13-25-20(15)23-27-19-11-5-10-17(19)22(28-23)26-12-14-6-2-1-3-7-14/h1-4,6-9,13,25H,5,10-12H2,(H2,24,29)(H,26,27,28). The molecule has 0 unspecified atom stereocenters. The van der Waals surface area contributed by atoms with E-state index in [1.54, 1.807) is 12.3 Å². The van der Waals surface area contributed by atoms with E-state index < -0.39 is 5.91 Å². The Labute approximate surface area is 168 Å². The van der Waals surface area contributed by atoms with Crippen molar-refractivity contribution >= 4 is 22.5 Å². The van der Waals surface area contributed by atoms with Crippen LogP contribution in [0.25, 0.3) is 22.3 Å². The Bertz CT molecular complexity index is 1210. The summed E-state index contributed by atoms with van der Waals surface area (Å²) in [5.41, 5.74) is 10.3. The molecule has 2 aromatic carbocycles. The van der Waals surface area contributed by atoms with Crippen molar-refractivity contribution in [3.8, 4) is 11.5 Å². The van der Waals surface area contributed by atoms with Gasteiger partial charge >= 0.3 is 0 Å². The quantitative estimate of drug-likeness (QED) is 0.488. The SMILES string of the molecule is NC(=O)c1cccc2c(-c3nc4c(c(NCc5ccccc5)n3)CCC4)[nH]cc12. The minimum Gasteiger partial charge on any atom is -0.366 e. The Balaban J connectivity index is 1.57. The molecular formula is C23H21N5O. The number of carbonyl (C=O) groups excluding carboxylic acids is 1. The molecule has 0 spiro atoms. The minimum absolute atomic E-state index is 0.443. The summed E-state index contributed by atoms with van der Waals surface area (Å²) in [7, 11) is 0. The summed E-state index contributed by atoms with van der Waals surface area (Å²) in [6, 6.07) is 15.8. The van der Waals surface area contributed by atoms with Crippen molar-refractivity contribution in [2.75, 3.05) is 5.32 Å². The molecule has 6 nitrogen and oxygen atoms in total. The third-order valence-corrected chi connectivity index (χ3v) is 5.46. The third kappa shape index (κ3) is 3.12. The molecule has 1 amide bonds. The topological polar surface area (TPSA) is 96.7 Å². The normalized spacial score (nSPS) is 12.8. The molecule has 1 aliphatic rings. The Morgan fingerprint density at radius 1 is 1.03 bits per heavy atom. The summed E-state index contributed by atoms with van der Waals surface area (Å²) in [5.74, 6) is 1.08. The van der Waals surface area contributed by atoms with Crippen molar-refractivity contribution < 1.29 is 4.79 Å². The molecule has 6 heteroatoms. The number of fused-ring (bicyclic) bond motifs is 2. The molecular weight excluding hydrogens is 362 g/mol. The van der Waals surface area contributed by atoms with Gasteiger partial charge in [0.1, 0.15) is 5.82 Å². The smallest absolute Gasteiger partial charge is 0.249 e. The lowest BCUT2D eigenvalue weighted by Crippen LogP contribution is -2.10. The van der Waals surface area contributed by atoms with Gasteiger partial charge in [0.2, 0.25) is 5.91 Å². The molecule has 4 N–H and O–H groups in total. The molecule has 0 radical (unpaired) electrons. The average molecular weight is 383 g/mol. The van der Waals surface area contributed by atoms with Gasteiger partial charge in [-0.3, -0.25) is 4.79 Å². The predicted octanol–water partition coefficient (Wildman–Crippen LogP) is 3.82. The van der Waals surface area contributed by atoms with Crippen LogP contribution in [0.15, 0.2) is 54.7 Å². The van der Waals surface area contributed by atoms with Gasteiger partial charge in [-0.05, 0) is 30.9 Å². The molecule has 4 aromatic rings. The number of hydrogen-bond acceptors (Lipinski definition) is 4. The lowest BCUT2D eigenvalue weighted by atomic mass is 10.1. The Kier molecular flexibility index (Phi) is 4.24. The summed E-state index contributed by atoms with van der Waals surface area (Å²) in [6.45, 7) is 0.709. The number of anilines is 1. The number of hydrogen-bond donors (Lipinski definition) is 3. The zero-order chi connectivity index (χ0) is 19.8. The van der Waals surface area contributed by atoms with Gasteiger partial charge in [0, 0.05) is 40.3 Å². The van der Waals surface area contributed by atoms with Crippen LogP contribution in [0.2, 0.25) is 0 Å². The van der Waals surface area contributed by atoms with Crippen LogP contribution in [0, 0.1) is 0 Å². The molecule has 144 valence electrons. The van der Waals surface area contributed by atoms with Crippen LogP contribution in [-0.4, -0.2) is 20.9 Å². The fraction of sp³-hybridized carbons (Fsp3) is 0.174. The van der Waals surface area contributed by atoms with E-state index in [9.17, 15) is 4.79 Å². The number of H-pyrrole nitrogens is 1. The highest BCUT2D eigenvalue weighted by atomic mass is 16.1. The van der Waals surface area contributed by atoms with Crippen LogP contribution in [-0.2, 0) is 19.4 Å². The maximum absolute atomic E-state index is 11.8. The van der Waals surface area contributed by atoms with Crippen LogP contribution in [0.3, 0.4) is 0 Å². The largest absolute Gasteiger partial charge is 0.366 e. The number of primary amides is 1. The van der Waals surface area contributed by atoms with Crippen molar-refractivity contribution in [2.45, 2.75) is 25.8 Å². The van der Waals surface area contributed by atoms with E-state index in [-0.39, 0.29) is 0 Å². The van der Waals surface area contributed by atoms with Crippen LogP contribution in [0.1, 0.15) is 33.6 Å². The fourth-order valence-corrected chi connectivity index (χ4v) is 4.03. The first-order chi connectivity index (χ1) is 14.2. The van der Waals surface area contributed by atoms with Gasteiger partial charge in [-0.25, -0.2) is 9.97 Å². The lowest BCUT2D eigenvalue weighted by molar-refractivity contribution is 0.100. The van der Waals surface area contributed by atoms with E-state index in [1.165, 1.54) is 11.1 Å². The summed E-state index contributed by atoms with van der Waals surface area (Å²) in [4.78, 5) is 24.7. The summed E-state index contributed by atoms with van der Waals surface area (Å²) < 4.78 is 0. The minimum atomic E-state index is -0.443. The highest BCUT2D eigenvalue weighted by molar-refractivity contribution is 6.09. The van der Waals surface area contributed by atoms with Crippen molar-refractivity contribution in [1.29, 1.82) is 0 Å². The zero-order valence-electron chi connectivity index (χ0n) is 15.9. The summed E-state index contributed by atoms with van der Waals surface area (Å²) >= 11 is 0. The molecule has 5 rings (SSSR count). The number of nitrogens with two attached hydrogens (primary N) is 1. The highest BCUT2D eigenvalue weighted by Crippen LogP contribution is 2.32. The van der Waals surface area contributed by atoms with Crippen molar-refractivity contribution in [1.82, 2.24) is 15.0 Å². The molecule has 0 aliphatic heterocycles. The van der Waals surface area contributed by atoms with Gasteiger partial charge in [-0.15, -0.1) is 0 Å². The molecule has 2 aromatic heterocycles. The van der Waals surface area contributed by atoms with Crippen molar-refractivity contribution in [2.24, 2.45) is 5.73 Å². The second-order valence-electron chi connectivity index (χ2n) is 7.31. The first kappa shape index (κ1) is 17.4. The molecule has 29 heavy (non-hydrogen) atoms. The van der Waals surface area contributed by atoms with E-state index in [4.69, 9.17) is 15.7 Å². The van der Waals surface area contributed by atoms with Gasteiger partial charge in [0.15, 0.2) is 5.82 Å². The summed E-state index contributed by atoms with van der Waals surface area (Å²) in [5, 5.41) is 5.19. The fourth-order valence-electron chi connectivity index (χ4n) is 4.03. The van der Waals surface area contributed by atoms with Gasteiger partial charge in [-0.2, -0.15) is 0 Å². The Hall–Kier alpha value is -3.67. The highest BCUT2D eigenvalue weighted by Gasteiger charge is 2.22. The van der Waals surface area contributed by atoms with Crippen LogP contribution in [0.4, 0.5) is 5.82 Å². The number of amides is 1. The molecule has 0 saturated carbocycles. The third-order valence-electron chi connectivity index (χ3n) is 5.46. The molecule has 1 aliphatic carbocycles. The van der Waals surface area contributed by atoms with E-state index in [0.717, 1.165) is 47.2 Å². The van der Waals surface area contributed by atoms with Gasteiger partial charge in [0.25, 0.3) is 0 Å². The number of aromatic nitrogens is 3. The molecule has 0 fully saturated rings. The monoisotopic (exact) mass is 383 g/mol. The van der Waals surface area contributed by atoms with Crippen LogP contribution >= 0.6 is 0 Å². The van der Waals surface area contributed by atoms with E-state index in [2.05, 4.69) is 22.4 Å². The molecule has 0 bridgehead atoms. The van der Waals surface area contributed by atoms with Crippen LogP contribution < -0.4 is 11.1 Å². The van der Waals surface area contributed by atoms with E-state index in [0.29, 0.717) is 17.9 Å². The number of aromatic amines is 1. The van der Waals surface area contributed by atoms with Crippen molar-refractivity contribution in [3.05, 3.63) is 77.1 Å².